The molecule has 1 amide bonds. The number of carbonyl (C=O) groups is 2. The average molecular weight is 283 g/mol. The third-order valence-corrected chi connectivity index (χ3v) is 3.86. The van der Waals surface area contributed by atoms with Crippen molar-refractivity contribution >= 4 is 33.7 Å². The van der Waals surface area contributed by atoms with Crippen LogP contribution in [0.25, 0.3) is 0 Å². The zero-order chi connectivity index (χ0) is 14.6. The molecule has 0 aliphatic carbocycles. The molecule has 106 valence electrons. The lowest BCUT2D eigenvalue weighted by molar-refractivity contribution is 0.0944. The normalized spacial score (nSPS) is 10.6. The van der Waals surface area contributed by atoms with Gasteiger partial charge in [-0.15, -0.1) is 11.3 Å². The fourth-order valence-electron chi connectivity index (χ4n) is 1.60. The van der Waals surface area contributed by atoms with Gasteiger partial charge in [0, 0.05) is 19.5 Å². The molecule has 0 aliphatic heterocycles. The van der Waals surface area contributed by atoms with Crippen molar-refractivity contribution < 1.29 is 9.59 Å². The molecule has 19 heavy (non-hydrogen) atoms. The molecule has 1 heterocycles. The highest BCUT2D eigenvalue weighted by Crippen LogP contribution is 2.37. The number of rotatable bonds is 6. The minimum absolute atomic E-state index is 0.0304. The van der Waals surface area contributed by atoms with Gasteiger partial charge >= 0.3 is 0 Å². The minimum atomic E-state index is -0.268. The first-order chi connectivity index (χ1) is 8.93. The molecule has 0 unspecified atom stereocenters. The highest BCUT2D eigenvalue weighted by Gasteiger charge is 2.25. The summed E-state index contributed by atoms with van der Waals surface area (Å²) in [7, 11) is 1.55. The van der Waals surface area contributed by atoms with Crippen molar-refractivity contribution in [3.63, 3.8) is 0 Å². The lowest BCUT2D eigenvalue weighted by atomic mass is 10.1. The number of nitrogens with one attached hydrogen (secondary N) is 2. The summed E-state index contributed by atoms with van der Waals surface area (Å²) in [5, 5.41) is 6.38. The maximum atomic E-state index is 12.1. The van der Waals surface area contributed by atoms with Gasteiger partial charge in [0.15, 0.2) is 5.78 Å². The number of nitrogens with two attached hydrogens (primary N) is 1. The molecule has 0 spiro atoms. The summed E-state index contributed by atoms with van der Waals surface area (Å²) >= 11 is 1.26. The summed E-state index contributed by atoms with van der Waals surface area (Å²) < 4.78 is 0. The summed E-state index contributed by atoms with van der Waals surface area (Å²) in [6.45, 7) is 6.41. The van der Waals surface area contributed by atoms with E-state index in [0.29, 0.717) is 15.4 Å². The molecule has 5 nitrogen and oxygen atoms in total. The van der Waals surface area contributed by atoms with Crippen molar-refractivity contribution in [2.45, 2.75) is 27.2 Å². The first kappa shape index (κ1) is 15.5. The SMILES string of the molecule is CCCNc1sc(C(=O)C(C)C)c(N)c1C(=O)NC. The number of ketones is 1. The topological polar surface area (TPSA) is 84.2 Å². The van der Waals surface area contributed by atoms with Crippen LogP contribution in [0.15, 0.2) is 0 Å². The second-order valence-corrected chi connectivity index (χ2v) is 5.59. The Hall–Kier alpha value is -1.56. The number of carbonyl (C=O) groups excluding carboxylic acids is 2. The second-order valence-electron chi connectivity index (χ2n) is 4.57. The van der Waals surface area contributed by atoms with E-state index in [1.54, 1.807) is 7.05 Å². The van der Waals surface area contributed by atoms with Crippen molar-refractivity contribution in [1.29, 1.82) is 0 Å². The van der Waals surface area contributed by atoms with Crippen LogP contribution >= 0.6 is 11.3 Å². The van der Waals surface area contributed by atoms with Gasteiger partial charge in [-0.1, -0.05) is 20.8 Å². The molecule has 6 heteroatoms. The Labute approximate surface area is 117 Å². The largest absolute Gasteiger partial charge is 0.397 e. The van der Waals surface area contributed by atoms with Gasteiger partial charge < -0.3 is 16.4 Å². The van der Waals surface area contributed by atoms with E-state index < -0.39 is 0 Å². The van der Waals surface area contributed by atoms with Gasteiger partial charge in [-0.2, -0.15) is 0 Å². The molecule has 0 radical (unpaired) electrons. The molecule has 4 N–H and O–H groups in total. The van der Waals surface area contributed by atoms with Crippen LogP contribution in [0.2, 0.25) is 0 Å². The van der Waals surface area contributed by atoms with Crippen molar-refractivity contribution in [3.8, 4) is 0 Å². The second kappa shape index (κ2) is 6.56. The van der Waals surface area contributed by atoms with Crippen molar-refractivity contribution in [2.75, 3.05) is 24.6 Å². The smallest absolute Gasteiger partial charge is 0.256 e. The van der Waals surface area contributed by atoms with Crippen LogP contribution in [0.1, 0.15) is 47.2 Å². The molecule has 0 bridgehead atoms. The van der Waals surface area contributed by atoms with Crippen LogP contribution in [0.5, 0.6) is 0 Å². The van der Waals surface area contributed by atoms with Crippen LogP contribution in [-0.4, -0.2) is 25.3 Å². The van der Waals surface area contributed by atoms with Crippen LogP contribution in [0.3, 0.4) is 0 Å². The number of amides is 1. The Balaban J connectivity index is 3.26. The monoisotopic (exact) mass is 283 g/mol. The molecular formula is C13H21N3O2S. The van der Waals surface area contributed by atoms with Gasteiger partial charge in [0.05, 0.1) is 16.1 Å². The average Bonchev–Trinajstić information content (AvgIpc) is 2.71. The Kier molecular flexibility index (Phi) is 5.35. The maximum Gasteiger partial charge on any atom is 0.256 e. The fourth-order valence-corrected chi connectivity index (χ4v) is 2.83. The van der Waals surface area contributed by atoms with Crippen LogP contribution < -0.4 is 16.4 Å². The highest BCUT2D eigenvalue weighted by molar-refractivity contribution is 7.19. The third kappa shape index (κ3) is 3.26. The van der Waals surface area contributed by atoms with Gasteiger partial charge in [-0.3, -0.25) is 9.59 Å². The van der Waals surface area contributed by atoms with Crippen LogP contribution in [0, 0.1) is 5.92 Å². The number of nitrogen functional groups attached to an aromatic ring is 1. The molecule has 1 rings (SSSR count). The van der Waals surface area contributed by atoms with E-state index in [9.17, 15) is 9.59 Å². The number of hydrogen-bond acceptors (Lipinski definition) is 5. The molecule has 1 aromatic heterocycles. The van der Waals surface area contributed by atoms with E-state index in [2.05, 4.69) is 10.6 Å². The summed E-state index contributed by atoms with van der Waals surface area (Å²) in [5.74, 6) is -0.440. The fraction of sp³-hybridized carbons (Fsp3) is 0.538. The molecule has 0 atom stereocenters. The van der Waals surface area contributed by atoms with Crippen LogP contribution in [-0.2, 0) is 0 Å². The van der Waals surface area contributed by atoms with E-state index in [4.69, 9.17) is 5.73 Å². The number of anilines is 2. The standard InChI is InChI=1S/C13H21N3O2S/c1-5-6-16-13-8(12(18)15-4)9(14)11(19-13)10(17)7(2)3/h7,16H,5-6,14H2,1-4H3,(H,15,18). The Bertz CT molecular complexity index is 480. The third-order valence-electron chi connectivity index (χ3n) is 2.68. The van der Waals surface area contributed by atoms with E-state index >= 15 is 0 Å². The number of hydrogen-bond donors (Lipinski definition) is 3. The van der Waals surface area contributed by atoms with E-state index in [1.165, 1.54) is 11.3 Å². The van der Waals surface area contributed by atoms with Crippen molar-refractivity contribution in [3.05, 3.63) is 10.4 Å². The molecule has 0 saturated carbocycles. The molecule has 0 saturated heterocycles. The number of Topliss-reactive ketones (excluding diaryl/α,β-unsaturated/α-hetero) is 1. The van der Waals surface area contributed by atoms with Gasteiger partial charge in [0.2, 0.25) is 0 Å². The minimum Gasteiger partial charge on any atom is -0.397 e. The summed E-state index contributed by atoms with van der Waals surface area (Å²) in [6, 6.07) is 0. The van der Waals surface area contributed by atoms with Crippen LogP contribution in [0.4, 0.5) is 10.7 Å². The lowest BCUT2D eigenvalue weighted by Crippen LogP contribution is -2.20. The van der Waals surface area contributed by atoms with Crippen molar-refractivity contribution in [2.24, 2.45) is 5.92 Å². The predicted molar refractivity (Wildman–Crippen MR) is 80.1 cm³/mol. The first-order valence-electron chi connectivity index (χ1n) is 6.36. The van der Waals surface area contributed by atoms with E-state index in [1.807, 2.05) is 20.8 Å². The molecule has 0 aliphatic rings. The Morgan fingerprint density at radius 2 is 2.00 bits per heavy atom. The van der Waals surface area contributed by atoms with Gasteiger partial charge in [0.25, 0.3) is 5.91 Å². The van der Waals surface area contributed by atoms with Gasteiger partial charge in [-0.05, 0) is 6.42 Å². The number of thiophene rings is 1. The van der Waals surface area contributed by atoms with Gasteiger partial charge in [-0.25, -0.2) is 0 Å². The maximum absolute atomic E-state index is 12.1. The summed E-state index contributed by atoms with van der Waals surface area (Å²) in [6.07, 6.45) is 0.929. The van der Waals surface area contributed by atoms with E-state index in [0.717, 1.165) is 13.0 Å². The molecule has 0 fully saturated rings. The summed E-state index contributed by atoms with van der Waals surface area (Å²) in [4.78, 5) is 24.4. The predicted octanol–water partition coefficient (Wildman–Crippen LogP) is 2.35. The molecular weight excluding hydrogens is 262 g/mol. The van der Waals surface area contributed by atoms with E-state index in [-0.39, 0.29) is 23.3 Å². The van der Waals surface area contributed by atoms with Gasteiger partial charge in [0.1, 0.15) is 5.00 Å². The van der Waals surface area contributed by atoms with Crippen molar-refractivity contribution in [1.82, 2.24) is 5.32 Å². The highest BCUT2D eigenvalue weighted by atomic mass is 32.1. The molecule has 0 aromatic carbocycles. The summed E-state index contributed by atoms with van der Waals surface area (Å²) in [5.41, 5.74) is 6.64. The molecule has 1 aromatic rings. The Morgan fingerprint density at radius 3 is 2.47 bits per heavy atom. The zero-order valence-corrected chi connectivity index (χ0v) is 12.6. The quantitative estimate of drug-likeness (QED) is 0.700. The first-order valence-corrected chi connectivity index (χ1v) is 7.18. The Morgan fingerprint density at radius 1 is 1.37 bits per heavy atom. The lowest BCUT2D eigenvalue weighted by Gasteiger charge is -2.05. The zero-order valence-electron chi connectivity index (χ0n) is 11.8.